The number of fused-ring (bicyclic) bond motifs is 1. The third-order valence-corrected chi connectivity index (χ3v) is 5.13. The van der Waals surface area contributed by atoms with Crippen molar-refractivity contribution in [1.29, 1.82) is 0 Å². The van der Waals surface area contributed by atoms with E-state index < -0.39 is 0 Å². The molecule has 1 aromatic heterocycles. The molecule has 28 heavy (non-hydrogen) atoms. The van der Waals surface area contributed by atoms with Gasteiger partial charge in [0, 0.05) is 11.7 Å². The highest BCUT2D eigenvalue weighted by Crippen LogP contribution is 2.39. The van der Waals surface area contributed by atoms with E-state index in [9.17, 15) is 5.11 Å². The average Bonchev–Trinajstić information content (AvgIpc) is 3.07. The molecule has 0 saturated carbocycles. The number of hydrogen-bond acceptors (Lipinski definition) is 8. The molecule has 3 rings (SSSR count). The number of nitrogens with two attached hydrogens (primary N) is 1. The number of aromatic nitrogens is 2. The number of aliphatic hydroxyl groups excluding tert-OH is 1. The number of nitrogens with zero attached hydrogens (tertiary/aromatic N) is 3. The highest BCUT2D eigenvalue weighted by atomic mass is 35.5. The van der Waals surface area contributed by atoms with Crippen molar-refractivity contribution in [2.75, 3.05) is 39.9 Å². The van der Waals surface area contributed by atoms with Gasteiger partial charge in [-0.15, -0.1) is 0 Å². The van der Waals surface area contributed by atoms with Gasteiger partial charge in [-0.2, -0.15) is 9.97 Å². The zero-order chi connectivity index (χ0) is 20.4. The Hall–Kier alpha value is -2.45. The number of rotatable bonds is 7. The normalized spacial score (nSPS) is 14.2. The third kappa shape index (κ3) is 4.18. The van der Waals surface area contributed by atoms with Crippen LogP contribution in [0.5, 0.6) is 0 Å². The number of nitrogen functional groups attached to an aromatic ring is 1. The van der Waals surface area contributed by atoms with Crippen molar-refractivity contribution in [2.45, 2.75) is 39.8 Å². The second-order valence-electron chi connectivity index (χ2n) is 7.53. The lowest BCUT2D eigenvalue weighted by Gasteiger charge is -2.24. The first-order chi connectivity index (χ1) is 13.3. The van der Waals surface area contributed by atoms with E-state index in [0.29, 0.717) is 29.1 Å². The van der Waals surface area contributed by atoms with E-state index in [1.807, 2.05) is 19.9 Å². The minimum atomic E-state index is -0.140. The Morgan fingerprint density at radius 3 is 2.64 bits per heavy atom. The molecule has 0 spiro atoms. The van der Waals surface area contributed by atoms with Gasteiger partial charge < -0.3 is 31.7 Å². The summed E-state index contributed by atoms with van der Waals surface area (Å²) >= 11 is 6.03. The zero-order valence-electron chi connectivity index (χ0n) is 16.6. The molecule has 152 valence electrons. The van der Waals surface area contributed by atoms with E-state index in [4.69, 9.17) is 22.3 Å². The van der Waals surface area contributed by atoms with Crippen molar-refractivity contribution in [2.24, 2.45) is 5.92 Å². The van der Waals surface area contributed by atoms with E-state index in [1.165, 1.54) is 0 Å². The van der Waals surface area contributed by atoms with E-state index >= 15 is 0 Å². The number of nitrogens with one attached hydrogen (secondary N) is 3. The molecule has 1 aliphatic rings. The summed E-state index contributed by atoms with van der Waals surface area (Å²) in [6.07, 6.45) is 0. The second kappa shape index (κ2) is 8.28. The van der Waals surface area contributed by atoms with Crippen LogP contribution < -0.4 is 26.6 Å². The summed E-state index contributed by atoms with van der Waals surface area (Å²) in [7, 11) is 0. The maximum absolute atomic E-state index is 9.67. The summed E-state index contributed by atoms with van der Waals surface area (Å²) in [5.74, 6) is 2.15. The van der Waals surface area contributed by atoms with Gasteiger partial charge in [-0.3, -0.25) is 0 Å². The maximum atomic E-state index is 9.67. The molecule has 0 bridgehead atoms. The average molecular weight is 406 g/mol. The molecular weight excluding hydrogens is 378 g/mol. The Labute approximate surface area is 170 Å². The Kier molecular flexibility index (Phi) is 6.00. The van der Waals surface area contributed by atoms with E-state index in [1.54, 1.807) is 12.1 Å². The van der Waals surface area contributed by atoms with Crippen LogP contribution in [0.3, 0.4) is 0 Å². The minimum Gasteiger partial charge on any atom is -0.397 e. The first-order valence-corrected chi connectivity index (χ1v) is 9.80. The molecule has 0 aliphatic carbocycles. The van der Waals surface area contributed by atoms with E-state index in [2.05, 4.69) is 39.7 Å². The van der Waals surface area contributed by atoms with Gasteiger partial charge in [0.15, 0.2) is 11.6 Å². The second-order valence-corrected chi connectivity index (χ2v) is 7.94. The summed E-state index contributed by atoms with van der Waals surface area (Å²) in [6.45, 7) is 8.96. The molecule has 6 N–H and O–H groups in total. The van der Waals surface area contributed by atoms with Gasteiger partial charge in [0.05, 0.1) is 30.0 Å². The van der Waals surface area contributed by atoms with Crippen molar-refractivity contribution in [3.05, 3.63) is 23.2 Å². The molecule has 1 aliphatic heterocycles. The fraction of sp³-hybridized carbons (Fsp3) is 0.474. The highest BCUT2D eigenvalue weighted by Gasteiger charge is 2.28. The van der Waals surface area contributed by atoms with Gasteiger partial charge in [-0.25, -0.2) is 0 Å². The molecule has 0 radical (unpaired) electrons. The molecule has 2 heterocycles. The summed E-state index contributed by atoms with van der Waals surface area (Å²) in [5.41, 5.74) is 8.03. The lowest BCUT2D eigenvalue weighted by atomic mass is 10.1. The monoisotopic (exact) mass is 405 g/mol. The van der Waals surface area contributed by atoms with Gasteiger partial charge in [0.1, 0.15) is 5.69 Å². The molecule has 8 nitrogen and oxygen atoms in total. The van der Waals surface area contributed by atoms with Crippen LogP contribution >= 0.6 is 11.6 Å². The topological polar surface area (TPSA) is 111 Å². The number of halogens is 1. The van der Waals surface area contributed by atoms with Crippen LogP contribution in [-0.2, 0) is 0 Å². The predicted molar refractivity (Wildman–Crippen MR) is 117 cm³/mol. The maximum Gasteiger partial charge on any atom is 0.227 e. The van der Waals surface area contributed by atoms with Crippen molar-refractivity contribution in [3.8, 4) is 0 Å². The molecule has 1 aromatic carbocycles. The van der Waals surface area contributed by atoms with Gasteiger partial charge in [0.2, 0.25) is 5.95 Å². The SMILES string of the molecule is CC(C)[C@H](CO)Nc1nc(Nc2ccc(Cl)c(N)c2)c2c(n1)N(C(C)C)CN2. The van der Waals surface area contributed by atoms with Gasteiger partial charge in [-0.05, 0) is 38.0 Å². The first kappa shape index (κ1) is 20.3. The standard InChI is InChI=1S/C19H28ClN7O/c1-10(2)15(8-28)24-19-25-17(23-12-5-6-13(20)14(21)7-12)16-18(26-19)27(9-22-16)11(3)4/h5-7,10-11,15,22,28H,8-9,21H2,1-4H3,(H2,23,24,25,26)/t15-/m0/s1. The summed E-state index contributed by atoms with van der Waals surface area (Å²) in [5, 5.41) is 20.1. The highest BCUT2D eigenvalue weighted by molar-refractivity contribution is 6.33. The van der Waals surface area contributed by atoms with Gasteiger partial charge >= 0.3 is 0 Å². The van der Waals surface area contributed by atoms with Gasteiger partial charge in [-0.1, -0.05) is 25.4 Å². The molecule has 9 heteroatoms. The predicted octanol–water partition coefficient (Wildman–Crippen LogP) is 3.48. The molecule has 0 amide bonds. The summed E-state index contributed by atoms with van der Waals surface area (Å²) in [4.78, 5) is 11.5. The lowest BCUT2D eigenvalue weighted by Crippen LogP contribution is -2.32. The first-order valence-electron chi connectivity index (χ1n) is 9.42. The van der Waals surface area contributed by atoms with E-state index in [-0.39, 0.29) is 24.6 Å². The Bertz CT molecular complexity index is 843. The quantitative estimate of drug-likeness (QED) is 0.445. The van der Waals surface area contributed by atoms with Crippen LogP contribution in [-0.4, -0.2) is 40.4 Å². The van der Waals surface area contributed by atoms with Crippen LogP contribution in [0.15, 0.2) is 18.2 Å². The molecule has 0 unspecified atom stereocenters. The fourth-order valence-corrected chi connectivity index (χ4v) is 3.11. The molecular formula is C19H28ClN7O. The van der Waals surface area contributed by atoms with Crippen molar-refractivity contribution >= 4 is 46.2 Å². The van der Waals surface area contributed by atoms with Crippen LogP contribution in [0.25, 0.3) is 0 Å². The Balaban J connectivity index is 2.00. The largest absolute Gasteiger partial charge is 0.397 e. The van der Waals surface area contributed by atoms with Crippen LogP contribution in [0.1, 0.15) is 27.7 Å². The molecule has 1 atom stereocenters. The Morgan fingerprint density at radius 1 is 1.29 bits per heavy atom. The molecule has 2 aromatic rings. The van der Waals surface area contributed by atoms with Crippen molar-refractivity contribution in [1.82, 2.24) is 9.97 Å². The number of aliphatic hydroxyl groups is 1. The summed E-state index contributed by atoms with van der Waals surface area (Å²) in [6, 6.07) is 5.49. The van der Waals surface area contributed by atoms with Crippen LogP contribution in [0.2, 0.25) is 5.02 Å². The van der Waals surface area contributed by atoms with Crippen molar-refractivity contribution < 1.29 is 5.11 Å². The lowest BCUT2D eigenvalue weighted by molar-refractivity contribution is 0.248. The number of anilines is 6. The molecule has 0 saturated heterocycles. The smallest absolute Gasteiger partial charge is 0.227 e. The minimum absolute atomic E-state index is 0.000730. The third-order valence-electron chi connectivity index (χ3n) is 4.79. The number of hydrogen-bond donors (Lipinski definition) is 5. The van der Waals surface area contributed by atoms with Crippen molar-refractivity contribution in [3.63, 3.8) is 0 Å². The zero-order valence-corrected chi connectivity index (χ0v) is 17.4. The van der Waals surface area contributed by atoms with Crippen LogP contribution in [0.4, 0.5) is 34.6 Å². The molecule has 0 fully saturated rings. The van der Waals surface area contributed by atoms with E-state index in [0.717, 1.165) is 17.2 Å². The summed E-state index contributed by atoms with van der Waals surface area (Å²) < 4.78 is 0. The van der Waals surface area contributed by atoms with Gasteiger partial charge in [0.25, 0.3) is 0 Å². The number of benzene rings is 1. The Morgan fingerprint density at radius 2 is 2.04 bits per heavy atom. The van der Waals surface area contributed by atoms with Crippen LogP contribution in [0, 0.1) is 5.92 Å². The fourth-order valence-electron chi connectivity index (χ4n) is 2.99.